The molecule has 0 amide bonds. The van der Waals surface area contributed by atoms with Crippen molar-refractivity contribution in [3.05, 3.63) is 35.4 Å². The standard InChI is InChI=1S/C56H84O7/c1-7-12-43-54-33-32-53-24-11-15-40(17-16-39-13-9-8-10-14-39)22-25-52(44-36-49(3,47(59)60)27-26-48(44,2)28-29-50(52,53)4)31-30-51(53,5)55(54,38-57)45(58)37-56(43,61)63-46(54)35-42-20-18-41(19-21-42)23-34-62-6/h18-21,39-40,43-46,57-58,61H,7-10,12-17,22-23,25-38H2,1-6H3,(H,59,60). The van der Waals surface area contributed by atoms with Gasteiger partial charge in [-0.05, 0) is 154 Å². The molecule has 7 nitrogen and oxygen atoms in total. The molecule has 7 fully saturated rings. The normalized spacial score (nSPS) is 47.9. The van der Waals surface area contributed by atoms with Crippen LogP contribution in [0.1, 0.15) is 187 Å². The Bertz CT molecular complexity index is 1910. The SMILES string of the molecule is CCCC1C2(O)CC(O)C3(CO)C1(CCC14C#CCC(CCC5CCCCC5)CCC5(CCC13C)C1CC(C)(C(=O)O)CCC1(C)CCC54C)C(Cc1ccc(CCOC)cc1)O2. The highest BCUT2D eigenvalue weighted by Crippen LogP contribution is 2.88. The first-order chi connectivity index (χ1) is 30.0. The monoisotopic (exact) mass is 869 g/mol. The van der Waals surface area contributed by atoms with Gasteiger partial charge in [-0.25, -0.2) is 0 Å². The average molecular weight is 869 g/mol. The molecule has 6 saturated carbocycles. The van der Waals surface area contributed by atoms with Crippen LogP contribution >= 0.6 is 0 Å². The van der Waals surface area contributed by atoms with Gasteiger partial charge in [0.05, 0.1) is 30.8 Å². The minimum absolute atomic E-state index is 0.0591. The van der Waals surface area contributed by atoms with E-state index in [2.05, 4.69) is 63.8 Å². The lowest BCUT2D eigenvalue weighted by atomic mass is 9.21. The van der Waals surface area contributed by atoms with E-state index in [1.165, 1.54) is 50.5 Å². The molecular formula is C56H84O7. The van der Waals surface area contributed by atoms with E-state index in [4.69, 9.17) is 9.47 Å². The lowest BCUT2D eigenvalue weighted by Crippen LogP contribution is -2.80. The van der Waals surface area contributed by atoms with Crippen molar-refractivity contribution in [1.29, 1.82) is 0 Å². The van der Waals surface area contributed by atoms with Gasteiger partial charge < -0.3 is 29.9 Å². The molecule has 4 N–H and O–H groups in total. The fraction of sp³-hybridized carbons (Fsp3) is 0.839. The second-order valence-electron chi connectivity index (χ2n) is 24.4. The zero-order valence-corrected chi connectivity index (χ0v) is 40.2. The summed E-state index contributed by atoms with van der Waals surface area (Å²) in [5, 5.41) is 49.6. The molecule has 2 spiro atoms. The third-order valence-corrected chi connectivity index (χ3v) is 22.3. The topological polar surface area (TPSA) is 116 Å². The van der Waals surface area contributed by atoms with Crippen molar-refractivity contribution in [3.8, 4) is 11.8 Å². The molecule has 1 saturated heterocycles. The van der Waals surface area contributed by atoms with Crippen molar-refractivity contribution >= 4 is 5.97 Å². The van der Waals surface area contributed by atoms with E-state index in [0.29, 0.717) is 25.4 Å². The van der Waals surface area contributed by atoms with Crippen LogP contribution in [0.2, 0.25) is 0 Å². The number of aliphatic hydroxyl groups excluding tert-OH is 2. The first-order valence-corrected chi connectivity index (χ1v) is 26.0. The van der Waals surface area contributed by atoms with Crippen molar-refractivity contribution < 1.29 is 34.7 Å². The first-order valence-electron chi connectivity index (χ1n) is 26.0. The number of hydrogen-bond donors (Lipinski definition) is 4. The quantitative estimate of drug-likeness (QED) is 0.155. The minimum atomic E-state index is -1.48. The number of aliphatic hydroxyl groups is 3. The smallest absolute Gasteiger partial charge is 0.309 e. The van der Waals surface area contributed by atoms with E-state index in [1.807, 2.05) is 6.92 Å². The number of aliphatic carboxylic acids is 1. The van der Waals surface area contributed by atoms with Gasteiger partial charge in [0.15, 0.2) is 5.79 Å². The number of carboxylic acids is 1. The maximum absolute atomic E-state index is 13.3. The molecule has 0 aromatic heterocycles. The summed E-state index contributed by atoms with van der Waals surface area (Å²) in [7, 11) is 1.74. The zero-order chi connectivity index (χ0) is 44.7. The molecule has 14 atom stereocenters. The molecule has 63 heavy (non-hydrogen) atoms. The third kappa shape index (κ3) is 6.38. The molecule has 1 aliphatic heterocycles. The number of carbonyl (C=O) groups is 1. The van der Waals surface area contributed by atoms with Gasteiger partial charge in [0.1, 0.15) is 0 Å². The summed E-state index contributed by atoms with van der Waals surface area (Å²) < 4.78 is 12.5. The van der Waals surface area contributed by atoms with Gasteiger partial charge in [0.2, 0.25) is 0 Å². The van der Waals surface area contributed by atoms with Crippen LogP contribution in [-0.4, -0.2) is 64.7 Å². The molecule has 1 heterocycles. The molecule has 4 bridgehead atoms. The van der Waals surface area contributed by atoms with E-state index in [1.54, 1.807) is 7.11 Å². The van der Waals surface area contributed by atoms with Crippen LogP contribution in [0.15, 0.2) is 24.3 Å². The fourth-order valence-electron chi connectivity index (χ4n) is 18.8. The molecular weight excluding hydrogens is 785 g/mol. The van der Waals surface area contributed by atoms with Crippen LogP contribution in [0, 0.1) is 78.8 Å². The van der Waals surface area contributed by atoms with Gasteiger partial charge in [-0.3, -0.25) is 4.79 Å². The van der Waals surface area contributed by atoms with E-state index in [0.717, 1.165) is 101 Å². The van der Waals surface area contributed by atoms with Gasteiger partial charge in [0, 0.05) is 42.1 Å². The van der Waals surface area contributed by atoms with Crippen molar-refractivity contribution in [2.45, 2.75) is 207 Å². The summed E-state index contributed by atoms with van der Waals surface area (Å²) >= 11 is 0. The van der Waals surface area contributed by atoms with E-state index in [9.17, 15) is 25.2 Å². The van der Waals surface area contributed by atoms with Crippen LogP contribution in [0.5, 0.6) is 0 Å². The highest BCUT2D eigenvalue weighted by molar-refractivity contribution is 5.74. The minimum Gasteiger partial charge on any atom is -0.481 e. The zero-order valence-electron chi connectivity index (χ0n) is 40.2. The number of methoxy groups -OCH3 is 1. The Morgan fingerprint density at radius 2 is 1.52 bits per heavy atom. The Kier molecular flexibility index (Phi) is 12.0. The van der Waals surface area contributed by atoms with Gasteiger partial charge in [-0.2, -0.15) is 0 Å². The number of rotatable bonds is 12. The molecule has 8 aliphatic rings. The van der Waals surface area contributed by atoms with Crippen LogP contribution in [0.25, 0.3) is 0 Å². The summed E-state index contributed by atoms with van der Waals surface area (Å²) in [4.78, 5) is 13.3. The molecule has 350 valence electrons. The molecule has 1 aromatic rings. The summed E-state index contributed by atoms with van der Waals surface area (Å²) in [6.45, 7) is 12.3. The number of hydrogen-bond acceptors (Lipinski definition) is 6. The van der Waals surface area contributed by atoms with Crippen molar-refractivity contribution in [1.82, 2.24) is 0 Å². The third-order valence-electron chi connectivity index (χ3n) is 22.3. The fourth-order valence-corrected chi connectivity index (χ4v) is 18.8. The Labute approximate surface area is 380 Å². The molecule has 9 rings (SSSR count). The maximum Gasteiger partial charge on any atom is 0.309 e. The van der Waals surface area contributed by atoms with Crippen LogP contribution < -0.4 is 0 Å². The van der Waals surface area contributed by atoms with Crippen LogP contribution in [0.4, 0.5) is 0 Å². The van der Waals surface area contributed by atoms with Gasteiger partial charge in [0.25, 0.3) is 0 Å². The average Bonchev–Trinajstić information content (AvgIpc) is 3.45. The van der Waals surface area contributed by atoms with Crippen LogP contribution in [-0.2, 0) is 27.1 Å². The van der Waals surface area contributed by atoms with Gasteiger partial charge in [-0.15, -0.1) is 5.92 Å². The van der Waals surface area contributed by atoms with Crippen LogP contribution in [0.3, 0.4) is 0 Å². The van der Waals surface area contributed by atoms with Crippen molar-refractivity contribution in [3.63, 3.8) is 0 Å². The maximum atomic E-state index is 13.3. The summed E-state index contributed by atoms with van der Waals surface area (Å²) in [6, 6.07) is 8.78. The molecule has 0 radical (unpaired) electrons. The lowest BCUT2D eigenvalue weighted by Gasteiger charge is -2.81. The molecule has 7 heteroatoms. The van der Waals surface area contributed by atoms with E-state index < -0.39 is 44.9 Å². The summed E-state index contributed by atoms with van der Waals surface area (Å²) in [5.74, 6) is 7.57. The second-order valence-corrected chi connectivity index (χ2v) is 24.4. The van der Waals surface area contributed by atoms with Gasteiger partial charge in [-0.1, -0.05) is 103 Å². The Morgan fingerprint density at radius 3 is 2.22 bits per heavy atom. The predicted octanol–water partition coefficient (Wildman–Crippen LogP) is 11.1. The lowest BCUT2D eigenvalue weighted by molar-refractivity contribution is -0.357. The van der Waals surface area contributed by atoms with E-state index in [-0.39, 0.29) is 47.2 Å². The summed E-state index contributed by atoms with van der Waals surface area (Å²) in [5.41, 5.74) is -1.54. The number of ether oxygens (including phenoxy) is 2. The number of fused-ring (bicyclic) bond motifs is 3. The van der Waals surface area contributed by atoms with Gasteiger partial charge >= 0.3 is 5.97 Å². The molecule has 7 aliphatic carbocycles. The Morgan fingerprint density at radius 1 is 0.825 bits per heavy atom. The largest absolute Gasteiger partial charge is 0.481 e. The number of carboxylic acid groups (broad SMARTS) is 1. The highest BCUT2D eigenvalue weighted by atomic mass is 16.6. The molecule has 14 unspecified atom stereocenters. The van der Waals surface area contributed by atoms with Crippen molar-refractivity contribution in [2.24, 2.45) is 67.0 Å². The van der Waals surface area contributed by atoms with Crippen molar-refractivity contribution in [2.75, 3.05) is 20.3 Å². The predicted molar refractivity (Wildman–Crippen MR) is 247 cm³/mol. The summed E-state index contributed by atoms with van der Waals surface area (Å²) in [6.07, 6.45) is 22.1. The Balaban J connectivity index is 1.20. The molecule has 1 aromatic carbocycles. The highest BCUT2D eigenvalue weighted by Gasteiger charge is 2.87. The first kappa shape index (κ1) is 46.2. The van der Waals surface area contributed by atoms with E-state index >= 15 is 0 Å². The Hall–Kier alpha value is -1.95. The second kappa shape index (κ2) is 16.4. The number of benzene rings is 1.